The highest BCUT2D eigenvalue weighted by molar-refractivity contribution is 6.27. The average Bonchev–Trinajstić information content (AvgIpc) is 2.81. The summed E-state index contributed by atoms with van der Waals surface area (Å²) in [6.45, 7) is 4.17. The molecule has 0 spiro atoms. The molecular formula is C24H28FN3O6. The molecule has 0 radical (unpaired) electrons. The highest BCUT2D eigenvalue weighted by Crippen LogP contribution is 2.13. The van der Waals surface area contributed by atoms with Crippen LogP contribution in [0.1, 0.15) is 34.3 Å². The Kier molecular flexibility index (Phi) is 10.2. The van der Waals surface area contributed by atoms with Crippen molar-refractivity contribution in [3.8, 4) is 0 Å². The molecule has 3 rings (SSSR count). The third kappa shape index (κ3) is 8.62. The quantitative estimate of drug-likeness (QED) is 0.470. The summed E-state index contributed by atoms with van der Waals surface area (Å²) in [5.74, 6) is -4.51. The van der Waals surface area contributed by atoms with E-state index in [2.05, 4.69) is 34.9 Å². The zero-order chi connectivity index (χ0) is 25.1. The maximum atomic E-state index is 13.7. The summed E-state index contributed by atoms with van der Waals surface area (Å²) >= 11 is 0. The molecule has 2 aromatic rings. The van der Waals surface area contributed by atoms with E-state index in [0.717, 1.165) is 5.56 Å². The SMILES string of the molecule is Cc1ccc(CNCC(=O)N2CCC(NC(=O)c3ccccc3F)CC2)cc1.O=C(O)C(=O)O. The van der Waals surface area contributed by atoms with E-state index < -0.39 is 23.7 Å². The summed E-state index contributed by atoms with van der Waals surface area (Å²) in [5, 5.41) is 20.8. The minimum Gasteiger partial charge on any atom is -0.473 e. The number of aliphatic carboxylic acids is 2. The third-order valence-corrected chi connectivity index (χ3v) is 5.21. The van der Waals surface area contributed by atoms with E-state index in [0.29, 0.717) is 39.0 Å². The van der Waals surface area contributed by atoms with Gasteiger partial charge in [0.2, 0.25) is 5.91 Å². The van der Waals surface area contributed by atoms with Crippen molar-refractivity contribution in [3.63, 3.8) is 0 Å². The number of piperidine rings is 1. The number of aryl methyl sites for hydroxylation is 1. The molecule has 2 aromatic carbocycles. The van der Waals surface area contributed by atoms with Crippen molar-refractivity contribution in [2.24, 2.45) is 0 Å². The molecule has 0 atom stereocenters. The number of carboxylic acid groups (broad SMARTS) is 2. The average molecular weight is 474 g/mol. The Morgan fingerprint density at radius 1 is 0.971 bits per heavy atom. The summed E-state index contributed by atoms with van der Waals surface area (Å²) in [5.41, 5.74) is 2.42. The van der Waals surface area contributed by atoms with Crippen LogP contribution in [0.4, 0.5) is 4.39 Å². The Morgan fingerprint density at radius 3 is 2.12 bits per heavy atom. The van der Waals surface area contributed by atoms with Crippen molar-refractivity contribution in [2.45, 2.75) is 32.4 Å². The Hall–Kier alpha value is -3.79. The molecule has 0 bridgehead atoms. The van der Waals surface area contributed by atoms with Crippen LogP contribution in [0.25, 0.3) is 0 Å². The van der Waals surface area contributed by atoms with Crippen LogP contribution in [0.5, 0.6) is 0 Å². The number of carbonyl (C=O) groups is 4. The minimum absolute atomic E-state index is 0.0447. The number of benzene rings is 2. The third-order valence-electron chi connectivity index (χ3n) is 5.21. The van der Waals surface area contributed by atoms with Gasteiger partial charge in [0.15, 0.2) is 0 Å². The lowest BCUT2D eigenvalue weighted by molar-refractivity contribution is -0.159. The summed E-state index contributed by atoms with van der Waals surface area (Å²) in [7, 11) is 0. The summed E-state index contributed by atoms with van der Waals surface area (Å²) in [6, 6.07) is 14.1. The van der Waals surface area contributed by atoms with E-state index in [1.165, 1.54) is 17.7 Å². The van der Waals surface area contributed by atoms with Crippen LogP contribution in [-0.4, -0.2) is 64.5 Å². The van der Waals surface area contributed by atoms with Crippen molar-refractivity contribution in [1.82, 2.24) is 15.5 Å². The molecule has 10 heteroatoms. The lowest BCUT2D eigenvalue weighted by Gasteiger charge is -2.32. The molecule has 2 amide bonds. The first-order valence-corrected chi connectivity index (χ1v) is 10.7. The Labute approximate surface area is 196 Å². The smallest absolute Gasteiger partial charge is 0.414 e. The van der Waals surface area contributed by atoms with Crippen LogP contribution in [0, 0.1) is 12.7 Å². The van der Waals surface area contributed by atoms with Gasteiger partial charge < -0.3 is 25.7 Å². The maximum Gasteiger partial charge on any atom is 0.414 e. The van der Waals surface area contributed by atoms with Crippen molar-refractivity contribution in [2.75, 3.05) is 19.6 Å². The van der Waals surface area contributed by atoms with Gasteiger partial charge in [0.05, 0.1) is 12.1 Å². The molecule has 0 aliphatic carbocycles. The van der Waals surface area contributed by atoms with Gasteiger partial charge in [-0.3, -0.25) is 9.59 Å². The zero-order valence-electron chi connectivity index (χ0n) is 18.8. The molecule has 1 aliphatic heterocycles. The molecule has 1 aliphatic rings. The number of amides is 2. The predicted molar refractivity (Wildman–Crippen MR) is 122 cm³/mol. The van der Waals surface area contributed by atoms with E-state index in [4.69, 9.17) is 19.8 Å². The molecule has 0 saturated carbocycles. The van der Waals surface area contributed by atoms with E-state index in [9.17, 15) is 14.0 Å². The van der Waals surface area contributed by atoms with Gasteiger partial charge >= 0.3 is 11.9 Å². The van der Waals surface area contributed by atoms with E-state index in [1.807, 2.05) is 11.8 Å². The van der Waals surface area contributed by atoms with Crippen LogP contribution in [-0.2, 0) is 20.9 Å². The van der Waals surface area contributed by atoms with Crippen LogP contribution < -0.4 is 10.6 Å². The van der Waals surface area contributed by atoms with Gasteiger partial charge in [0.25, 0.3) is 5.91 Å². The fourth-order valence-corrected chi connectivity index (χ4v) is 3.31. The van der Waals surface area contributed by atoms with E-state index >= 15 is 0 Å². The van der Waals surface area contributed by atoms with Gasteiger partial charge in [0, 0.05) is 25.7 Å². The second-order valence-corrected chi connectivity index (χ2v) is 7.81. The Bertz CT molecular complexity index is 992. The van der Waals surface area contributed by atoms with Crippen LogP contribution in [0.15, 0.2) is 48.5 Å². The second kappa shape index (κ2) is 13.0. The van der Waals surface area contributed by atoms with Crippen molar-refractivity contribution in [1.29, 1.82) is 0 Å². The van der Waals surface area contributed by atoms with E-state index in [1.54, 1.807) is 12.1 Å². The lowest BCUT2D eigenvalue weighted by Crippen LogP contribution is -2.48. The van der Waals surface area contributed by atoms with Gasteiger partial charge in [-0.15, -0.1) is 0 Å². The van der Waals surface area contributed by atoms with Crippen LogP contribution in [0.2, 0.25) is 0 Å². The zero-order valence-corrected chi connectivity index (χ0v) is 18.8. The molecule has 4 N–H and O–H groups in total. The molecule has 9 nitrogen and oxygen atoms in total. The number of carboxylic acids is 2. The number of hydrogen-bond acceptors (Lipinski definition) is 5. The topological polar surface area (TPSA) is 136 Å². The largest absolute Gasteiger partial charge is 0.473 e. The first kappa shape index (κ1) is 26.5. The molecule has 0 unspecified atom stereocenters. The maximum absolute atomic E-state index is 13.7. The number of carbonyl (C=O) groups excluding carboxylic acids is 2. The highest BCUT2D eigenvalue weighted by atomic mass is 19.1. The number of hydrogen-bond donors (Lipinski definition) is 4. The molecular weight excluding hydrogens is 445 g/mol. The van der Waals surface area contributed by atoms with Gasteiger partial charge in [-0.1, -0.05) is 42.0 Å². The first-order valence-electron chi connectivity index (χ1n) is 10.7. The van der Waals surface area contributed by atoms with Crippen molar-refractivity contribution in [3.05, 3.63) is 71.0 Å². The van der Waals surface area contributed by atoms with Crippen LogP contribution >= 0.6 is 0 Å². The van der Waals surface area contributed by atoms with Gasteiger partial charge in [-0.05, 0) is 37.5 Å². The number of nitrogens with zero attached hydrogens (tertiary/aromatic N) is 1. The summed E-state index contributed by atoms with van der Waals surface area (Å²) < 4.78 is 13.7. The monoisotopic (exact) mass is 473 g/mol. The fraction of sp³-hybridized carbons (Fsp3) is 0.333. The molecule has 1 fully saturated rings. The van der Waals surface area contributed by atoms with Gasteiger partial charge in [0.1, 0.15) is 5.82 Å². The van der Waals surface area contributed by atoms with Gasteiger partial charge in [-0.2, -0.15) is 0 Å². The van der Waals surface area contributed by atoms with Crippen molar-refractivity contribution < 1.29 is 33.8 Å². The molecule has 0 aromatic heterocycles. The minimum atomic E-state index is -1.82. The molecule has 182 valence electrons. The summed E-state index contributed by atoms with van der Waals surface area (Å²) in [4.78, 5) is 44.6. The predicted octanol–water partition coefficient (Wildman–Crippen LogP) is 1.80. The standard InChI is InChI=1S/C22H26FN3O2.C2H2O4/c1-16-6-8-17(9-7-16)14-24-15-21(27)26-12-10-18(11-13-26)25-22(28)19-4-2-3-5-20(19)23;3-1(4)2(5)6/h2-9,18,24H,10-15H2,1H3,(H,25,28);(H,3,4)(H,5,6). The number of rotatable bonds is 6. The number of nitrogens with one attached hydrogen (secondary N) is 2. The lowest BCUT2D eigenvalue weighted by atomic mass is 10.0. The molecule has 1 saturated heterocycles. The normalized spacial score (nSPS) is 13.4. The Balaban J connectivity index is 0.000000604. The van der Waals surface area contributed by atoms with E-state index in [-0.39, 0.29) is 17.5 Å². The first-order chi connectivity index (χ1) is 16.2. The second-order valence-electron chi connectivity index (χ2n) is 7.81. The highest BCUT2D eigenvalue weighted by Gasteiger charge is 2.24. The van der Waals surface area contributed by atoms with Gasteiger partial charge in [-0.25, -0.2) is 14.0 Å². The fourth-order valence-electron chi connectivity index (χ4n) is 3.31. The summed E-state index contributed by atoms with van der Waals surface area (Å²) in [6.07, 6.45) is 1.34. The Morgan fingerprint density at radius 2 is 1.56 bits per heavy atom. The molecule has 34 heavy (non-hydrogen) atoms. The van der Waals surface area contributed by atoms with Crippen LogP contribution in [0.3, 0.4) is 0 Å². The number of likely N-dealkylation sites (tertiary alicyclic amines) is 1. The molecule has 1 heterocycles. The van der Waals surface area contributed by atoms with Crippen molar-refractivity contribution >= 4 is 23.8 Å². The number of halogens is 1.